The summed E-state index contributed by atoms with van der Waals surface area (Å²) in [5.41, 5.74) is -0.00580. The van der Waals surface area contributed by atoms with Gasteiger partial charge in [0.15, 0.2) is 0 Å². The lowest BCUT2D eigenvalue weighted by Gasteiger charge is -2.24. The summed E-state index contributed by atoms with van der Waals surface area (Å²) >= 11 is 7.02. The van der Waals surface area contributed by atoms with Crippen LogP contribution in [0.2, 0.25) is 5.02 Å². The number of ether oxygens (including phenoxy) is 1. The standard InChI is InChI=1S/C20H27ClN4O4S/c1-6-12(2)16(23-18(27)29-20(3,4)5)17-24-25-19(28-17)30-11-15(26)22-14-9-7-8-13(21)10-14/h7-10,12,16H,6,11H2,1-5H3,(H,22,26)(H,23,27)/t12-,16-/m0/s1. The normalized spacial score (nSPS) is 13.4. The Kier molecular flexibility index (Phi) is 8.54. The summed E-state index contributed by atoms with van der Waals surface area (Å²) in [5.74, 6) is 0.170. The van der Waals surface area contributed by atoms with Gasteiger partial charge >= 0.3 is 6.09 Å². The van der Waals surface area contributed by atoms with Crippen molar-refractivity contribution in [3.63, 3.8) is 0 Å². The summed E-state index contributed by atoms with van der Waals surface area (Å²) in [6, 6.07) is 6.39. The monoisotopic (exact) mass is 454 g/mol. The number of nitrogens with one attached hydrogen (secondary N) is 2. The molecule has 0 bridgehead atoms. The number of carbonyl (C=O) groups excluding carboxylic acids is 2. The fourth-order valence-corrected chi connectivity index (χ4v) is 3.17. The Hall–Kier alpha value is -2.26. The van der Waals surface area contributed by atoms with Crippen molar-refractivity contribution in [1.29, 1.82) is 0 Å². The number of thioether (sulfide) groups is 1. The first kappa shape index (κ1) is 24.0. The molecule has 8 nitrogen and oxygen atoms in total. The molecule has 2 aromatic rings. The van der Waals surface area contributed by atoms with Crippen LogP contribution in [0.1, 0.15) is 53.0 Å². The van der Waals surface area contributed by atoms with Crippen molar-refractivity contribution in [2.45, 2.75) is 57.9 Å². The Balaban J connectivity index is 1.97. The summed E-state index contributed by atoms with van der Waals surface area (Å²) in [6.07, 6.45) is 0.231. The predicted octanol–water partition coefficient (Wildman–Crippen LogP) is 5.07. The van der Waals surface area contributed by atoms with Gasteiger partial charge in [-0.15, -0.1) is 10.2 Å². The van der Waals surface area contributed by atoms with Crippen LogP contribution in [0, 0.1) is 5.92 Å². The largest absolute Gasteiger partial charge is 0.444 e. The molecule has 1 heterocycles. The number of rotatable bonds is 8. The lowest BCUT2D eigenvalue weighted by Crippen LogP contribution is -2.37. The van der Waals surface area contributed by atoms with E-state index in [0.717, 1.165) is 18.2 Å². The van der Waals surface area contributed by atoms with Gasteiger partial charge < -0.3 is 19.8 Å². The molecule has 30 heavy (non-hydrogen) atoms. The number of benzene rings is 1. The Morgan fingerprint density at radius 3 is 2.67 bits per heavy atom. The molecule has 0 saturated heterocycles. The quantitative estimate of drug-likeness (QED) is 0.536. The van der Waals surface area contributed by atoms with E-state index >= 15 is 0 Å². The number of amides is 2. The first-order chi connectivity index (χ1) is 14.1. The fraction of sp³-hybridized carbons (Fsp3) is 0.500. The van der Waals surface area contributed by atoms with Crippen LogP contribution < -0.4 is 10.6 Å². The fourth-order valence-electron chi connectivity index (χ4n) is 2.41. The van der Waals surface area contributed by atoms with Gasteiger partial charge in [-0.3, -0.25) is 4.79 Å². The Morgan fingerprint density at radius 1 is 1.30 bits per heavy atom. The molecule has 0 radical (unpaired) electrons. The third-order valence-electron chi connectivity index (χ3n) is 4.01. The number of anilines is 1. The van der Waals surface area contributed by atoms with Gasteiger partial charge in [-0.05, 0) is 44.9 Å². The van der Waals surface area contributed by atoms with Crippen LogP contribution in [-0.4, -0.2) is 33.6 Å². The van der Waals surface area contributed by atoms with Gasteiger partial charge in [0.05, 0.1) is 5.75 Å². The van der Waals surface area contributed by atoms with Crippen molar-refractivity contribution in [1.82, 2.24) is 15.5 Å². The lowest BCUT2D eigenvalue weighted by atomic mass is 9.99. The molecule has 164 valence electrons. The third-order valence-corrected chi connectivity index (χ3v) is 5.06. The number of aromatic nitrogens is 2. The molecular weight excluding hydrogens is 428 g/mol. The molecule has 0 saturated carbocycles. The molecule has 2 N–H and O–H groups in total. The van der Waals surface area contributed by atoms with Crippen LogP contribution in [0.3, 0.4) is 0 Å². The summed E-state index contributed by atoms with van der Waals surface area (Å²) < 4.78 is 11.0. The van der Waals surface area contributed by atoms with Gasteiger partial charge in [-0.25, -0.2) is 4.79 Å². The van der Waals surface area contributed by atoms with Crippen LogP contribution in [-0.2, 0) is 9.53 Å². The zero-order valence-electron chi connectivity index (χ0n) is 17.7. The van der Waals surface area contributed by atoms with Crippen molar-refractivity contribution in [2.24, 2.45) is 5.92 Å². The van der Waals surface area contributed by atoms with E-state index in [1.54, 1.807) is 45.0 Å². The molecule has 0 aliphatic heterocycles. The van der Waals surface area contributed by atoms with Crippen molar-refractivity contribution >= 4 is 41.1 Å². The maximum atomic E-state index is 12.2. The number of alkyl carbamates (subject to hydrolysis) is 1. The minimum atomic E-state index is -0.615. The summed E-state index contributed by atoms with van der Waals surface area (Å²) in [4.78, 5) is 24.3. The van der Waals surface area contributed by atoms with E-state index < -0.39 is 17.7 Å². The van der Waals surface area contributed by atoms with Crippen LogP contribution in [0.4, 0.5) is 10.5 Å². The van der Waals surface area contributed by atoms with Crippen molar-refractivity contribution in [2.75, 3.05) is 11.1 Å². The molecular formula is C20H27ClN4O4S. The van der Waals surface area contributed by atoms with E-state index in [2.05, 4.69) is 20.8 Å². The smallest absolute Gasteiger partial charge is 0.408 e. The molecule has 2 rings (SSSR count). The van der Waals surface area contributed by atoms with E-state index in [4.69, 9.17) is 20.8 Å². The average Bonchev–Trinajstić information content (AvgIpc) is 3.11. The molecule has 0 fully saturated rings. The zero-order valence-corrected chi connectivity index (χ0v) is 19.3. The second-order valence-corrected chi connectivity index (χ2v) is 9.13. The van der Waals surface area contributed by atoms with E-state index in [-0.39, 0.29) is 28.7 Å². The second-order valence-electron chi connectivity index (χ2n) is 7.76. The molecule has 0 unspecified atom stereocenters. The highest BCUT2D eigenvalue weighted by Crippen LogP contribution is 2.27. The highest BCUT2D eigenvalue weighted by atomic mass is 35.5. The summed E-state index contributed by atoms with van der Waals surface area (Å²) in [6.45, 7) is 9.35. The molecule has 10 heteroatoms. The topological polar surface area (TPSA) is 106 Å². The van der Waals surface area contributed by atoms with E-state index in [1.807, 2.05) is 13.8 Å². The van der Waals surface area contributed by atoms with Gasteiger partial charge in [0, 0.05) is 10.7 Å². The van der Waals surface area contributed by atoms with Crippen LogP contribution >= 0.6 is 23.4 Å². The van der Waals surface area contributed by atoms with E-state index in [9.17, 15) is 9.59 Å². The predicted molar refractivity (Wildman–Crippen MR) is 117 cm³/mol. The molecule has 0 spiro atoms. The minimum absolute atomic E-state index is 0.0435. The first-order valence-electron chi connectivity index (χ1n) is 9.58. The maximum Gasteiger partial charge on any atom is 0.408 e. The minimum Gasteiger partial charge on any atom is -0.444 e. The Morgan fingerprint density at radius 2 is 2.03 bits per heavy atom. The number of hydrogen-bond acceptors (Lipinski definition) is 7. The van der Waals surface area contributed by atoms with Crippen LogP contribution in [0.5, 0.6) is 0 Å². The first-order valence-corrected chi connectivity index (χ1v) is 10.9. The van der Waals surface area contributed by atoms with Crippen molar-refractivity contribution in [3.05, 3.63) is 35.2 Å². The van der Waals surface area contributed by atoms with Crippen LogP contribution in [0.25, 0.3) is 0 Å². The lowest BCUT2D eigenvalue weighted by molar-refractivity contribution is -0.113. The average molecular weight is 455 g/mol. The number of hydrogen-bond donors (Lipinski definition) is 2. The highest BCUT2D eigenvalue weighted by molar-refractivity contribution is 7.99. The number of halogens is 1. The van der Waals surface area contributed by atoms with Gasteiger partial charge in [-0.2, -0.15) is 0 Å². The molecule has 1 aromatic carbocycles. The van der Waals surface area contributed by atoms with Gasteiger partial charge in [-0.1, -0.05) is 49.7 Å². The second kappa shape index (κ2) is 10.7. The molecule has 2 amide bonds. The zero-order chi connectivity index (χ0) is 22.3. The Bertz CT molecular complexity index is 868. The van der Waals surface area contributed by atoms with E-state index in [0.29, 0.717) is 10.7 Å². The highest BCUT2D eigenvalue weighted by Gasteiger charge is 2.28. The van der Waals surface area contributed by atoms with Crippen molar-refractivity contribution < 1.29 is 18.7 Å². The number of nitrogens with zero attached hydrogens (tertiary/aromatic N) is 2. The van der Waals surface area contributed by atoms with E-state index in [1.165, 1.54) is 0 Å². The van der Waals surface area contributed by atoms with Gasteiger partial charge in [0.1, 0.15) is 11.6 Å². The number of carbonyl (C=O) groups is 2. The SMILES string of the molecule is CC[C@H](C)[C@H](NC(=O)OC(C)(C)C)c1nnc(SCC(=O)Nc2cccc(Cl)c2)o1. The maximum absolute atomic E-state index is 12.2. The van der Waals surface area contributed by atoms with Gasteiger partial charge in [0.25, 0.3) is 5.22 Å². The van der Waals surface area contributed by atoms with Crippen molar-refractivity contribution in [3.8, 4) is 0 Å². The Labute approximate surface area is 185 Å². The summed E-state index contributed by atoms with van der Waals surface area (Å²) in [5, 5.41) is 14.4. The third kappa shape index (κ3) is 7.87. The van der Waals surface area contributed by atoms with Gasteiger partial charge in [0.2, 0.25) is 11.8 Å². The van der Waals surface area contributed by atoms with Crippen LogP contribution in [0.15, 0.2) is 33.9 Å². The molecule has 2 atom stereocenters. The molecule has 1 aromatic heterocycles. The molecule has 0 aliphatic carbocycles. The molecule has 0 aliphatic rings. The summed E-state index contributed by atoms with van der Waals surface area (Å²) in [7, 11) is 0.